The summed E-state index contributed by atoms with van der Waals surface area (Å²) in [5.74, 6) is 0.443. The van der Waals surface area contributed by atoms with Crippen molar-refractivity contribution in [2.24, 2.45) is 5.92 Å². The minimum atomic E-state index is -3.62. The lowest BCUT2D eigenvalue weighted by Gasteiger charge is -2.34. The van der Waals surface area contributed by atoms with Crippen LogP contribution in [0.4, 0.5) is 5.13 Å². The van der Waals surface area contributed by atoms with Gasteiger partial charge in [-0.25, -0.2) is 18.4 Å². The third-order valence-corrected chi connectivity index (χ3v) is 11.0. The van der Waals surface area contributed by atoms with Crippen LogP contribution in [-0.2, 0) is 14.8 Å². The van der Waals surface area contributed by atoms with Crippen molar-refractivity contribution in [1.29, 1.82) is 0 Å². The number of nitrogens with one attached hydrogen (secondary N) is 1. The summed E-state index contributed by atoms with van der Waals surface area (Å²) in [6.45, 7) is 1.78. The van der Waals surface area contributed by atoms with E-state index in [0.29, 0.717) is 27.3 Å². The van der Waals surface area contributed by atoms with Gasteiger partial charge in [0.15, 0.2) is 5.13 Å². The molecule has 1 aliphatic heterocycles. The number of piperidine rings is 1. The molecule has 0 radical (unpaired) electrons. The van der Waals surface area contributed by atoms with Gasteiger partial charge in [-0.3, -0.25) is 4.79 Å². The molecule has 1 amide bonds. The van der Waals surface area contributed by atoms with Crippen LogP contribution in [0.1, 0.15) is 56.4 Å². The predicted molar refractivity (Wildman–Crippen MR) is 154 cm³/mol. The monoisotopic (exact) mass is 571 g/mol. The average molecular weight is 572 g/mol. The number of likely N-dealkylation sites (tertiary alicyclic amines) is 1. The Hall–Kier alpha value is -2.60. The van der Waals surface area contributed by atoms with E-state index < -0.39 is 15.9 Å². The van der Waals surface area contributed by atoms with Gasteiger partial charge in [0.1, 0.15) is 10.3 Å². The second-order valence-electron chi connectivity index (χ2n) is 10.7. The number of ether oxygens (including phenoxy) is 1. The Balaban J connectivity index is 1.35. The standard InChI is InChI=1S/C28H37N5O4S2/c1-32-16-14-21(15-17-32)33(2)39(35,36)22-10-8-20(9-11-22)23(18-19-6-4-5-7-19)26(34)31-28-29-24-12-13-25(37-3)30-27(24)38-28/h8-13,19,21,23H,4-7,14-18H2,1-3H3,(H,29,31,34). The Kier molecular flexibility index (Phi) is 8.51. The quantitative estimate of drug-likeness (QED) is 0.396. The first-order chi connectivity index (χ1) is 18.7. The fourth-order valence-electron chi connectivity index (χ4n) is 5.73. The minimum absolute atomic E-state index is 0.00460. The molecular formula is C28H37N5O4S2. The van der Waals surface area contributed by atoms with Crippen molar-refractivity contribution in [3.8, 4) is 5.88 Å². The van der Waals surface area contributed by atoms with Crippen molar-refractivity contribution in [3.05, 3.63) is 42.0 Å². The number of fused-ring (bicyclic) bond motifs is 1. The van der Waals surface area contributed by atoms with Crippen LogP contribution in [0.25, 0.3) is 10.3 Å². The molecule has 1 saturated carbocycles. The number of hydrogen-bond donors (Lipinski definition) is 1. The van der Waals surface area contributed by atoms with E-state index >= 15 is 0 Å². The molecule has 39 heavy (non-hydrogen) atoms. The maximum atomic E-state index is 13.6. The van der Waals surface area contributed by atoms with Crippen LogP contribution in [0.3, 0.4) is 0 Å². The van der Waals surface area contributed by atoms with Gasteiger partial charge >= 0.3 is 0 Å². The lowest BCUT2D eigenvalue weighted by molar-refractivity contribution is -0.118. The number of methoxy groups -OCH3 is 1. The Bertz CT molecular complexity index is 1400. The average Bonchev–Trinajstić information content (AvgIpc) is 3.60. The molecular weight excluding hydrogens is 534 g/mol. The van der Waals surface area contributed by atoms with E-state index in [1.807, 2.05) is 6.07 Å². The summed E-state index contributed by atoms with van der Waals surface area (Å²) in [6.07, 6.45) is 6.97. The van der Waals surface area contributed by atoms with Crippen LogP contribution in [0.2, 0.25) is 0 Å². The van der Waals surface area contributed by atoms with Crippen molar-refractivity contribution < 1.29 is 17.9 Å². The summed E-state index contributed by atoms with van der Waals surface area (Å²) in [5, 5.41) is 3.50. The molecule has 3 heterocycles. The summed E-state index contributed by atoms with van der Waals surface area (Å²) in [4.78, 5) is 25.7. The molecule has 1 atom stereocenters. The highest BCUT2D eigenvalue weighted by Crippen LogP contribution is 2.36. The van der Waals surface area contributed by atoms with Gasteiger partial charge in [0.25, 0.3) is 0 Å². The number of sulfonamides is 1. The van der Waals surface area contributed by atoms with Gasteiger partial charge in [0.2, 0.25) is 21.8 Å². The van der Waals surface area contributed by atoms with E-state index in [1.54, 1.807) is 44.5 Å². The highest BCUT2D eigenvalue weighted by Gasteiger charge is 2.31. The molecule has 2 fully saturated rings. The molecule has 210 valence electrons. The number of carbonyl (C=O) groups is 1. The zero-order valence-corrected chi connectivity index (χ0v) is 24.4. The summed E-state index contributed by atoms with van der Waals surface area (Å²) in [7, 11) is 1.68. The van der Waals surface area contributed by atoms with Gasteiger partial charge in [-0.2, -0.15) is 4.31 Å². The Morgan fingerprint density at radius 1 is 1.10 bits per heavy atom. The second kappa shape index (κ2) is 11.9. The first-order valence-corrected chi connectivity index (χ1v) is 15.9. The molecule has 0 bridgehead atoms. The van der Waals surface area contributed by atoms with E-state index in [4.69, 9.17) is 4.74 Å². The number of hydrogen-bond acceptors (Lipinski definition) is 8. The first kappa shape index (κ1) is 27.9. The molecule has 0 spiro atoms. The SMILES string of the molecule is COc1ccc2nc(NC(=O)C(CC3CCCC3)c3ccc(S(=O)(=O)N(C)C4CCN(C)CC4)cc3)sc2n1. The predicted octanol–water partition coefficient (Wildman–Crippen LogP) is 4.72. The van der Waals surface area contributed by atoms with Gasteiger partial charge < -0.3 is 15.0 Å². The van der Waals surface area contributed by atoms with Crippen molar-refractivity contribution in [2.75, 3.05) is 39.6 Å². The number of nitrogens with zero attached hydrogens (tertiary/aromatic N) is 4. The number of pyridine rings is 1. The second-order valence-corrected chi connectivity index (χ2v) is 13.7. The number of anilines is 1. The Morgan fingerprint density at radius 2 is 1.79 bits per heavy atom. The van der Waals surface area contributed by atoms with E-state index in [9.17, 15) is 13.2 Å². The van der Waals surface area contributed by atoms with E-state index in [0.717, 1.165) is 50.8 Å². The maximum absolute atomic E-state index is 13.6. The summed E-state index contributed by atoms with van der Waals surface area (Å²) >= 11 is 1.31. The van der Waals surface area contributed by atoms with Crippen molar-refractivity contribution in [2.45, 2.75) is 61.8 Å². The number of carbonyl (C=O) groups excluding carboxylic acids is 1. The number of amides is 1. The highest BCUT2D eigenvalue weighted by atomic mass is 32.2. The van der Waals surface area contributed by atoms with Crippen molar-refractivity contribution in [1.82, 2.24) is 19.2 Å². The molecule has 9 nitrogen and oxygen atoms in total. The van der Waals surface area contributed by atoms with Crippen LogP contribution >= 0.6 is 11.3 Å². The molecule has 1 saturated heterocycles. The third kappa shape index (κ3) is 6.26. The van der Waals surface area contributed by atoms with Crippen molar-refractivity contribution in [3.63, 3.8) is 0 Å². The molecule has 1 N–H and O–H groups in total. The number of rotatable bonds is 9. The fourth-order valence-corrected chi connectivity index (χ4v) is 7.98. The molecule has 1 aromatic carbocycles. The fraction of sp³-hybridized carbons (Fsp3) is 0.536. The zero-order chi connectivity index (χ0) is 27.6. The molecule has 5 rings (SSSR count). The Morgan fingerprint density at radius 3 is 2.46 bits per heavy atom. The third-order valence-electron chi connectivity index (χ3n) is 8.19. The topological polar surface area (TPSA) is 105 Å². The maximum Gasteiger partial charge on any atom is 0.243 e. The van der Waals surface area contributed by atoms with Crippen LogP contribution in [0.5, 0.6) is 5.88 Å². The van der Waals surface area contributed by atoms with E-state index in [1.165, 1.54) is 28.5 Å². The molecule has 3 aromatic rings. The number of benzene rings is 1. The van der Waals surface area contributed by atoms with Gasteiger partial charge in [0.05, 0.1) is 17.9 Å². The first-order valence-electron chi connectivity index (χ1n) is 13.6. The van der Waals surface area contributed by atoms with E-state index in [-0.39, 0.29) is 16.8 Å². The van der Waals surface area contributed by atoms with Gasteiger partial charge in [-0.05, 0) is 69.1 Å². The highest BCUT2D eigenvalue weighted by molar-refractivity contribution is 7.89. The van der Waals surface area contributed by atoms with Gasteiger partial charge in [0, 0.05) is 19.2 Å². The molecule has 2 aliphatic rings. The molecule has 1 aliphatic carbocycles. The van der Waals surface area contributed by atoms with E-state index in [2.05, 4.69) is 27.2 Å². The molecule has 11 heteroatoms. The van der Waals surface area contributed by atoms with Crippen LogP contribution in [0, 0.1) is 5.92 Å². The smallest absolute Gasteiger partial charge is 0.243 e. The van der Waals surface area contributed by atoms with Crippen molar-refractivity contribution >= 4 is 42.7 Å². The number of thiazole rings is 1. The lowest BCUT2D eigenvalue weighted by Crippen LogP contribution is -2.44. The number of aromatic nitrogens is 2. The van der Waals surface area contributed by atoms with Gasteiger partial charge in [-0.15, -0.1) is 0 Å². The normalized spacial score (nSPS) is 18.6. The van der Waals surface area contributed by atoms with Crippen LogP contribution in [0.15, 0.2) is 41.3 Å². The summed E-state index contributed by atoms with van der Waals surface area (Å²) < 4.78 is 33.5. The zero-order valence-electron chi connectivity index (χ0n) is 22.8. The molecule has 1 unspecified atom stereocenters. The lowest BCUT2D eigenvalue weighted by atomic mass is 9.87. The van der Waals surface area contributed by atoms with Gasteiger partial charge in [-0.1, -0.05) is 49.2 Å². The minimum Gasteiger partial charge on any atom is -0.481 e. The van der Waals surface area contributed by atoms with Crippen LogP contribution in [-0.4, -0.2) is 73.8 Å². The molecule has 2 aromatic heterocycles. The summed E-state index contributed by atoms with van der Waals surface area (Å²) in [6, 6.07) is 10.5. The summed E-state index contributed by atoms with van der Waals surface area (Å²) in [5.41, 5.74) is 1.52. The van der Waals surface area contributed by atoms with Crippen LogP contribution < -0.4 is 10.1 Å². The Labute approximate surface area is 234 Å². The largest absolute Gasteiger partial charge is 0.481 e.